The highest BCUT2D eigenvalue weighted by molar-refractivity contribution is 6.03. The van der Waals surface area contributed by atoms with Crippen LogP contribution in [0.5, 0.6) is 0 Å². The zero-order valence-corrected chi connectivity index (χ0v) is 13.4. The van der Waals surface area contributed by atoms with Crippen LogP contribution in [0, 0.1) is 16.7 Å². The number of imide groups is 1. The van der Waals surface area contributed by atoms with Gasteiger partial charge in [0.1, 0.15) is 13.1 Å². The predicted octanol–water partition coefficient (Wildman–Crippen LogP) is -0.287. The maximum absolute atomic E-state index is 12.9. The highest BCUT2D eigenvalue weighted by Crippen LogP contribution is 2.59. The Morgan fingerprint density at radius 3 is 2.57 bits per heavy atom. The summed E-state index contributed by atoms with van der Waals surface area (Å²) in [5, 5.41) is 0. The first-order valence-electron chi connectivity index (χ1n) is 8.15. The van der Waals surface area contributed by atoms with Crippen LogP contribution in [0.2, 0.25) is 0 Å². The average molecular weight is 295 g/mol. The van der Waals surface area contributed by atoms with Crippen molar-refractivity contribution >= 4 is 11.8 Å². The normalized spacial score (nSPS) is 36.3. The van der Waals surface area contributed by atoms with Gasteiger partial charge in [-0.2, -0.15) is 0 Å². The maximum Gasteiger partial charge on any atom is 0.235 e. The molecule has 0 radical (unpaired) electrons. The lowest BCUT2D eigenvalue weighted by Crippen LogP contribution is -3.14. The fourth-order valence-corrected chi connectivity index (χ4v) is 4.29. The minimum Gasteiger partial charge on any atom is -0.370 e. The van der Waals surface area contributed by atoms with E-state index in [0.717, 1.165) is 45.7 Å². The number of likely N-dealkylation sites (tertiary alicyclic amines) is 1. The highest BCUT2D eigenvalue weighted by atomic mass is 16.5. The van der Waals surface area contributed by atoms with Crippen molar-refractivity contribution in [2.24, 2.45) is 16.7 Å². The minimum atomic E-state index is -0.369. The average Bonchev–Trinajstić information content (AvgIpc) is 2.65. The third kappa shape index (κ3) is 2.13. The van der Waals surface area contributed by atoms with E-state index in [0.29, 0.717) is 6.54 Å². The number of hydrogen-bond donors (Lipinski definition) is 1. The van der Waals surface area contributed by atoms with E-state index in [1.165, 1.54) is 4.90 Å². The van der Waals surface area contributed by atoms with E-state index in [2.05, 4.69) is 20.8 Å². The number of ether oxygens (including phenoxy) is 1. The van der Waals surface area contributed by atoms with Gasteiger partial charge < -0.3 is 9.64 Å². The summed E-state index contributed by atoms with van der Waals surface area (Å²) in [5.41, 5.74) is -0.574. The van der Waals surface area contributed by atoms with Crippen molar-refractivity contribution < 1.29 is 19.2 Å². The molecule has 1 aliphatic carbocycles. The molecular formula is C16H27N2O3+. The second-order valence-electron chi connectivity index (χ2n) is 7.55. The van der Waals surface area contributed by atoms with Gasteiger partial charge in [-0.05, 0) is 18.3 Å². The molecule has 2 saturated heterocycles. The Balaban J connectivity index is 1.72. The first-order valence-corrected chi connectivity index (χ1v) is 8.15. The quantitative estimate of drug-likeness (QED) is 0.728. The van der Waals surface area contributed by atoms with E-state index in [1.54, 1.807) is 4.90 Å². The van der Waals surface area contributed by atoms with E-state index in [-0.39, 0.29) is 28.6 Å². The number of carbonyl (C=O) groups excluding carboxylic acids is 2. The number of hydrogen-bond acceptors (Lipinski definition) is 3. The molecule has 0 aromatic rings. The molecule has 3 aliphatic rings. The fourth-order valence-electron chi connectivity index (χ4n) is 4.29. The Morgan fingerprint density at radius 2 is 1.90 bits per heavy atom. The molecule has 5 heteroatoms. The third-order valence-corrected chi connectivity index (χ3v) is 6.40. The zero-order valence-electron chi connectivity index (χ0n) is 13.4. The molecule has 0 spiro atoms. The summed E-state index contributed by atoms with van der Waals surface area (Å²) in [5.74, 6) is 0.131. The van der Waals surface area contributed by atoms with Crippen LogP contribution < -0.4 is 4.90 Å². The molecule has 3 fully saturated rings. The molecule has 118 valence electrons. The van der Waals surface area contributed by atoms with E-state index in [4.69, 9.17) is 4.74 Å². The first kappa shape index (κ1) is 15.0. The molecule has 2 aliphatic heterocycles. The predicted molar refractivity (Wildman–Crippen MR) is 77.7 cm³/mol. The molecule has 3 rings (SSSR count). The van der Waals surface area contributed by atoms with Crippen LogP contribution in [0.25, 0.3) is 0 Å². The van der Waals surface area contributed by atoms with Gasteiger partial charge in [-0.25, -0.2) is 0 Å². The Kier molecular flexibility index (Phi) is 3.61. The molecule has 2 heterocycles. The van der Waals surface area contributed by atoms with Gasteiger partial charge in [-0.1, -0.05) is 20.8 Å². The van der Waals surface area contributed by atoms with Crippen LogP contribution in [-0.2, 0) is 14.3 Å². The number of amides is 2. The molecule has 2 amide bonds. The van der Waals surface area contributed by atoms with Crippen molar-refractivity contribution in [3.05, 3.63) is 0 Å². The first-order chi connectivity index (χ1) is 9.88. The van der Waals surface area contributed by atoms with Crippen molar-refractivity contribution in [1.82, 2.24) is 4.90 Å². The van der Waals surface area contributed by atoms with E-state index in [1.807, 2.05) is 0 Å². The summed E-state index contributed by atoms with van der Waals surface area (Å²) in [4.78, 5) is 28.6. The van der Waals surface area contributed by atoms with Gasteiger partial charge in [0.25, 0.3) is 0 Å². The number of carbonyl (C=O) groups is 2. The highest BCUT2D eigenvalue weighted by Gasteiger charge is 2.64. The van der Waals surface area contributed by atoms with Gasteiger partial charge in [0, 0.05) is 5.92 Å². The summed E-state index contributed by atoms with van der Waals surface area (Å²) in [6.07, 6.45) is 1.70. The van der Waals surface area contributed by atoms with Crippen molar-refractivity contribution in [2.75, 3.05) is 39.4 Å². The fraction of sp³-hybridized carbons (Fsp3) is 0.875. The number of nitrogens with one attached hydrogen (secondary N) is 1. The van der Waals surface area contributed by atoms with Gasteiger partial charge in [-0.3, -0.25) is 14.5 Å². The number of fused-ring (bicyclic) bond motifs is 2. The van der Waals surface area contributed by atoms with Crippen LogP contribution in [0.3, 0.4) is 0 Å². The van der Waals surface area contributed by atoms with Crippen LogP contribution >= 0.6 is 0 Å². The lowest BCUT2D eigenvalue weighted by molar-refractivity contribution is -0.907. The van der Waals surface area contributed by atoms with Crippen molar-refractivity contribution in [2.45, 2.75) is 33.6 Å². The summed E-state index contributed by atoms with van der Waals surface area (Å²) < 4.78 is 5.35. The third-order valence-electron chi connectivity index (χ3n) is 6.40. The van der Waals surface area contributed by atoms with Crippen LogP contribution in [0.15, 0.2) is 0 Å². The molecule has 0 aromatic carbocycles. The van der Waals surface area contributed by atoms with Gasteiger partial charge in [0.15, 0.2) is 0 Å². The van der Waals surface area contributed by atoms with E-state index in [9.17, 15) is 9.59 Å². The second kappa shape index (κ2) is 5.06. The molecule has 5 nitrogen and oxygen atoms in total. The molecule has 0 aromatic heterocycles. The molecule has 2 bridgehead atoms. The Morgan fingerprint density at radius 1 is 1.24 bits per heavy atom. The van der Waals surface area contributed by atoms with Gasteiger partial charge in [0.2, 0.25) is 11.8 Å². The second-order valence-corrected chi connectivity index (χ2v) is 7.55. The van der Waals surface area contributed by atoms with Crippen LogP contribution in [0.1, 0.15) is 33.6 Å². The molecule has 0 unspecified atom stereocenters. The van der Waals surface area contributed by atoms with Crippen molar-refractivity contribution in [3.8, 4) is 0 Å². The SMILES string of the molecule is CC1(C)[C@H]2CC[C@@]1(C)C(=O)N(CC[NH+]1CCOCC1)C2=O. The number of nitrogens with zero attached hydrogens (tertiary/aromatic N) is 1. The Labute approximate surface area is 126 Å². The van der Waals surface area contributed by atoms with Crippen molar-refractivity contribution in [1.29, 1.82) is 0 Å². The summed E-state index contributed by atoms with van der Waals surface area (Å²) >= 11 is 0. The van der Waals surface area contributed by atoms with E-state index >= 15 is 0 Å². The topological polar surface area (TPSA) is 51.1 Å². The molecule has 1 N–H and O–H groups in total. The van der Waals surface area contributed by atoms with Gasteiger partial charge in [0.05, 0.1) is 31.7 Å². The largest absolute Gasteiger partial charge is 0.370 e. The number of morpholine rings is 1. The summed E-state index contributed by atoms with van der Waals surface area (Å²) in [6, 6.07) is 0. The lowest BCUT2D eigenvalue weighted by Gasteiger charge is -2.47. The van der Waals surface area contributed by atoms with Gasteiger partial charge >= 0.3 is 0 Å². The Hall–Kier alpha value is -0.940. The number of rotatable bonds is 3. The van der Waals surface area contributed by atoms with Gasteiger partial charge in [-0.15, -0.1) is 0 Å². The maximum atomic E-state index is 12.9. The van der Waals surface area contributed by atoms with Crippen LogP contribution in [0.4, 0.5) is 0 Å². The molecule has 2 atom stereocenters. The Bertz CT molecular complexity index is 456. The zero-order chi connectivity index (χ0) is 15.3. The summed E-state index contributed by atoms with van der Waals surface area (Å²) in [7, 11) is 0. The smallest absolute Gasteiger partial charge is 0.235 e. The molecule has 1 saturated carbocycles. The number of quaternary nitrogens is 1. The minimum absolute atomic E-state index is 0.0138. The monoisotopic (exact) mass is 295 g/mol. The molecular weight excluding hydrogens is 268 g/mol. The van der Waals surface area contributed by atoms with E-state index < -0.39 is 0 Å². The standard InChI is InChI=1S/C16H26N2O3/c1-15(2)12-4-5-16(15,3)14(20)18(13(12)19)7-6-17-8-10-21-11-9-17/h12H,4-11H2,1-3H3/p+1/t12-,16-/m0/s1. The van der Waals surface area contributed by atoms with Crippen molar-refractivity contribution in [3.63, 3.8) is 0 Å². The lowest BCUT2D eigenvalue weighted by atomic mass is 9.62. The molecule has 21 heavy (non-hydrogen) atoms. The number of piperidine rings is 1. The van der Waals surface area contributed by atoms with Crippen LogP contribution in [-0.4, -0.2) is 56.1 Å². The summed E-state index contributed by atoms with van der Waals surface area (Å²) in [6.45, 7) is 11.2.